The summed E-state index contributed by atoms with van der Waals surface area (Å²) in [5, 5.41) is 0. The molecule has 1 heteroatoms. The standard InChI is InChI=1S/C26H48O/c1-23(2,3)19-11-15-21(16-12-19)25(7,8)27-26(9,10)22-17-13-20(14-18-22)24(4,5)6/h11,20-22H,12-18H2,1-10H3. The van der Waals surface area contributed by atoms with Gasteiger partial charge in [0.1, 0.15) is 0 Å². The van der Waals surface area contributed by atoms with Gasteiger partial charge in [0.05, 0.1) is 11.2 Å². The molecule has 2 aliphatic carbocycles. The van der Waals surface area contributed by atoms with Gasteiger partial charge in [-0.25, -0.2) is 0 Å². The smallest absolute Gasteiger partial charge is 0.0665 e. The molecule has 0 spiro atoms. The highest BCUT2D eigenvalue weighted by atomic mass is 16.5. The normalized spacial score (nSPS) is 28.8. The zero-order valence-electron chi connectivity index (χ0n) is 20.2. The Hall–Kier alpha value is -0.300. The molecule has 0 radical (unpaired) electrons. The molecule has 1 nitrogen and oxygen atoms in total. The van der Waals surface area contributed by atoms with E-state index in [9.17, 15) is 0 Å². The van der Waals surface area contributed by atoms with Gasteiger partial charge in [-0.1, -0.05) is 53.2 Å². The van der Waals surface area contributed by atoms with E-state index in [1.807, 2.05) is 0 Å². The Morgan fingerprint density at radius 1 is 0.667 bits per heavy atom. The summed E-state index contributed by atoms with van der Waals surface area (Å²) in [5.74, 6) is 2.20. The van der Waals surface area contributed by atoms with Crippen LogP contribution in [0.15, 0.2) is 11.6 Å². The van der Waals surface area contributed by atoms with Crippen LogP contribution in [0.2, 0.25) is 0 Å². The summed E-state index contributed by atoms with van der Waals surface area (Å²) in [7, 11) is 0. The Morgan fingerprint density at radius 3 is 1.56 bits per heavy atom. The Balaban J connectivity index is 1.97. The molecule has 1 fully saturated rings. The third-order valence-corrected chi connectivity index (χ3v) is 7.82. The van der Waals surface area contributed by atoms with Gasteiger partial charge in [0.25, 0.3) is 0 Å². The van der Waals surface area contributed by atoms with Crippen LogP contribution in [0.4, 0.5) is 0 Å². The second-order valence-corrected chi connectivity index (χ2v) is 12.7. The highest BCUT2D eigenvalue weighted by Gasteiger charge is 2.42. The van der Waals surface area contributed by atoms with Gasteiger partial charge in [-0.15, -0.1) is 0 Å². The van der Waals surface area contributed by atoms with Crippen molar-refractivity contribution in [1.82, 2.24) is 0 Å². The molecule has 0 amide bonds. The van der Waals surface area contributed by atoms with Gasteiger partial charge < -0.3 is 4.74 Å². The van der Waals surface area contributed by atoms with E-state index < -0.39 is 0 Å². The molecule has 0 saturated heterocycles. The number of hydrogen-bond donors (Lipinski definition) is 0. The number of allylic oxidation sites excluding steroid dienone is 2. The van der Waals surface area contributed by atoms with Crippen molar-refractivity contribution in [2.75, 3.05) is 0 Å². The van der Waals surface area contributed by atoms with Crippen molar-refractivity contribution in [1.29, 1.82) is 0 Å². The molecule has 2 rings (SSSR count). The molecule has 0 N–H and O–H groups in total. The molecule has 2 aliphatic rings. The molecule has 1 saturated carbocycles. The van der Waals surface area contributed by atoms with E-state index >= 15 is 0 Å². The van der Waals surface area contributed by atoms with Crippen molar-refractivity contribution in [2.45, 2.75) is 125 Å². The minimum atomic E-state index is -0.0513. The third-order valence-electron chi connectivity index (χ3n) is 7.82. The summed E-state index contributed by atoms with van der Waals surface area (Å²) in [6, 6.07) is 0. The van der Waals surface area contributed by atoms with E-state index in [1.54, 1.807) is 5.57 Å². The molecule has 158 valence electrons. The number of rotatable bonds is 4. The van der Waals surface area contributed by atoms with E-state index in [0.717, 1.165) is 5.92 Å². The molecule has 0 aromatic carbocycles. The lowest BCUT2D eigenvalue weighted by atomic mass is 9.66. The lowest BCUT2D eigenvalue weighted by molar-refractivity contribution is -0.180. The van der Waals surface area contributed by atoms with E-state index in [-0.39, 0.29) is 11.2 Å². The lowest BCUT2D eigenvalue weighted by Gasteiger charge is -2.48. The minimum Gasteiger partial charge on any atom is -0.369 e. The molecule has 0 aliphatic heterocycles. The monoisotopic (exact) mass is 376 g/mol. The fraction of sp³-hybridized carbons (Fsp3) is 0.923. The maximum Gasteiger partial charge on any atom is 0.0665 e. The topological polar surface area (TPSA) is 9.23 Å². The maximum atomic E-state index is 6.92. The number of hydrogen-bond acceptors (Lipinski definition) is 1. The van der Waals surface area contributed by atoms with Crippen molar-refractivity contribution in [3.8, 4) is 0 Å². The minimum absolute atomic E-state index is 0.0274. The van der Waals surface area contributed by atoms with Gasteiger partial charge in [0.2, 0.25) is 0 Å². The van der Waals surface area contributed by atoms with E-state index in [2.05, 4.69) is 75.3 Å². The van der Waals surface area contributed by atoms with Crippen molar-refractivity contribution >= 4 is 0 Å². The first kappa shape index (κ1) is 23.0. The molecule has 1 atom stereocenters. The van der Waals surface area contributed by atoms with Crippen LogP contribution in [0.5, 0.6) is 0 Å². The predicted octanol–water partition coefficient (Wildman–Crippen LogP) is 8.19. The molecule has 0 heterocycles. The van der Waals surface area contributed by atoms with Gasteiger partial charge in [0, 0.05) is 0 Å². The van der Waals surface area contributed by atoms with Crippen LogP contribution < -0.4 is 0 Å². The quantitative estimate of drug-likeness (QED) is 0.449. The van der Waals surface area contributed by atoms with Crippen molar-refractivity contribution in [2.24, 2.45) is 28.6 Å². The van der Waals surface area contributed by atoms with Gasteiger partial charge in [0.15, 0.2) is 0 Å². The average Bonchev–Trinajstić information content (AvgIpc) is 2.52. The van der Waals surface area contributed by atoms with Crippen LogP contribution in [0.3, 0.4) is 0 Å². The van der Waals surface area contributed by atoms with Crippen molar-refractivity contribution < 1.29 is 4.74 Å². The highest BCUT2D eigenvalue weighted by molar-refractivity contribution is 5.15. The van der Waals surface area contributed by atoms with Crippen LogP contribution in [-0.2, 0) is 4.74 Å². The van der Waals surface area contributed by atoms with E-state index in [1.165, 1.54) is 44.9 Å². The predicted molar refractivity (Wildman–Crippen MR) is 119 cm³/mol. The summed E-state index contributed by atoms with van der Waals surface area (Å²) < 4.78 is 6.92. The average molecular weight is 377 g/mol. The first-order valence-electron chi connectivity index (χ1n) is 11.5. The SMILES string of the molecule is CC(C)(C)C1=CCC(C(C)(C)OC(C)(C)C2CCC(C(C)(C)C)CC2)CC1. The second kappa shape index (κ2) is 7.85. The zero-order chi connectivity index (χ0) is 20.7. The van der Waals surface area contributed by atoms with Crippen LogP contribution in [-0.4, -0.2) is 11.2 Å². The van der Waals surface area contributed by atoms with Crippen molar-refractivity contribution in [3.63, 3.8) is 0 Å². The Bertz CT molecular complexity index is 515. The molecular formula is C26H48O. The molecule has 0 aromatic heterocycles. The molecule has 0 bridgehead atoms. The van der Waals surface area contributed by atoms with Gasteiger partial charge >= 0.3 is 0 Å². The maximum absolute atomic E-state index is 6.92. The zero-order valence-corrected chi connectivity index (χ0v) is 20.2. The summed E-state index contributed by atoms with van der Waals surface area (Å²) in [4.78, 5) is 0. The fourth-order valence-corrected chi connectivity index (χ4v) is 5.65. The van der Waals surface area contributed by atoms with Crippen LogP contribution in [0.1, 0.15) is 114 Å². The molecular weight excluding hydrogens is 328 g/mol. The van der Waals surface area contributed by atoms with Crippen molar-refractivity contribution in [3.05, 3.63) is 11.6 Å². The number of ether oxygens (including phenoxy) is 1. The lowest BCUT2D eigenvalue weighted by Crippen LogP contribution is -2.47. The van der Waals surface area contributed by atoms with Crippen LogP contribution in [0, 0.1) is 28.6 Å². The Labute approximate surface area is 170 Å². The molecule has 0 aromatic rings. The fourth-order valence-electron chi connectivity index (χ4n) is 5.65. The molecule has 1 unspecified atom stereocenters. The Morgan fingerprint density at radius 2 is 1.15 bits per heavy atom. The Kier molecular flexibility index (Phi) is 6.68. The van der Waals surface area contributed by atoms with E-state index in [0.29, 0.717) is 22.7 Å². The summed E-state index contributed by atoms with van der Waals surface area (Å²) >= 11 is 0. The summed E-state index contributed by atoms with van der Waals surface area (Å²) in [6.45, 7) is 23.7. The third kappa shape index (κ3) is 5.84. The first-order chi connectivity index (χ1) is 12.1. The second-order valence-electron chi connectivity index (χ2n) is 12.7. The first-order valence-corrected chi connectivity index (χ1v) is 11.5. The molecule has 27 heavy (non-hydrogen) atoms. The summed E-state index contributed by atoms with van der Waals surface area (Å²) in [5.41, 5.74) is 2.33. The van der Waals surface area contributed by atoms with E-state index in [4.69, 9.17) is 4.74 Å². The largest absolute Gasteiger partial charge is 0.369 e. The van der Waals surface area contributed by atoms with Crippen LogP contribution >= 0.6 is 0 Å². The van der Waals surface area contributed by atoms with Gasteiger partial charge in [-0.2, -0.15) is 0 Å². The van der Waals surface area contributed by atoms with Gasteiger partial charge in [-0.05, 0) is 101 Å². The van der Waals surface area contributed by atoms with Crippen LogP contribution in [0.25, 0.3) is 0 Å². The summed E-state index contributed by atoms with van der Waals surface area (Å²) in [6.07, 6.45) is 11.6. The highest BCUT2D eigenvalue weighted by Crippen LogP contribution is 2.47. The van der Waals surface area contributed by atoms with Gasteiger partial charge in [-0.3, -0.25) is 0 Å².